The third kappa shape index (κ3) is 1.82. The molecule has 0 spiro atoms. The second kappa shape index (κ2) is 3.93. The fourth-order valence-corrected chi connectivity index (χ4v) is 2.02. The zero-order valence-corrected chi connectivity index (χ0v) is 9.16. The Labute approximate surface area is 90.1 Å². The van der Waals surface area contributed by atoms with Crippen LogP contribution in [0.25, 0.3) is 0 Å². The van der Waals surface area contributed by atoms with Crippen LogP contribution in [0.1, 0.15) is 24.1 Å². The molecule has 1 N–H and O–H groups in total. The highest BCUT2D eigenvalue weighted by atomic mass is 16.2. The summed E-state index contributed by atoms with van der Waals surface area (Å²) in [6.45, 7) is 5.63. The van der Waals surface area contributed by atoms with Crippen molar-refractivity contribution in [2.75, 3.05) is 13.1 Å². The van der Waals surface area contributed by atoms with E-state index < -0.39 is 0 Å². The molecule has 0 saturated carbocycles. The van der Waals surface area contributed by atoms with Crippen LogP contribution < -0.4 is 5.32 Å². The molecule has 2 rings (SSSR count). The summed E-state index contributed by atoms with van der Waals surface area (Å²) in [5.41, 5.74) is 2.46. The van der Waals surface area contributed by atoms with Gasteiger partial charge in [-0.15, -0.1) is 0 Å². The number of carbonyl (C=O) groups excluding carboxylic acids is 1. The predicted octanol–water partition coefficient (Wildman–Crippen LogP) is 2.08. The number of urea groups is 1. The van der Waals surface area contributed by atoms with E-state index in [4.69, 9.17) is 0 Å². The van der Waals surface area contributed by atoms with Crippen molar-refractivity contribution in [1.29, 1.82) is 0 Å². The largest absolute Gasteiger partial charge is 0.329 e. The van der Waals surface area contributed by atoms with Gasteiger partial charge in [0.1, 0.15) is 0 Å². The van der Waals surface area contributed by atoms with Crippen LogP contribution in [-0.2, 0) is 0 Å². The van der Waals surface area contributed by atoms with Gasteiger partial charge < -0.3 is 10.2 Å². The number of carbonyl (C=O) groups is 1. The van der Waals surface area contributed by atoms with Crippen molar-refractivity contribution >= 4 is 6.03 Å². The molecule has 1 aromatic rings. The van der Waals surface area contributed by atoms with Gasteiger partial charge in [-0.05, 0) is 25.0 Å². The lowest BCUT2D eigenvalue weighted by Gasteiger charge is -2.13. The molecule has 0 bridgehead atoms. The molecule has 1 heterocycles. The molecular weight excluding hydrogens is 188 g/mol. The molecule has 3 nitrogen and oxygen atoms in total. The lowest BCUT2D eigenvalue weighted by atomic mass is 10.0. The number of benzene rings is 1. The van der Waals surface area contributed by atoms with Crippen molar-refractivity contribution in [2.45, 2.75) is 19.9 Å². The van der Waals surface area contributed by atoms with Crippen molar-refractivity contribution < 1.29 is 4.79 Å². The highest BCUT2D eigenvalue weighted by molar-refractivity contribution is 5.77. The molecule has 80 valence electrons. The standard InChI is InChI=1S/C12H16N2O/c1-3-14-8-11(13-12(14)15)10-7-5-4-6-9(10)2/h4-7,11H,3,8H2,1-2H3,(H,13,15). The summed E-state index contributed by atoms with van der Waals surface area (Å²) >= 11 is 0. The Morgan fingerprint density at radius 3 is 2.80 bits per heavy atom. The van der Waals surface area contributed by atoms with Crippen LogP contribution in [0.2, 0.25) is 0 Å². The van der Waals surface area contributed by atoms with E-state index in [1.165, 1.54) is 11.1 Å². The summed E-state index contributed by atoms with van der Waals surface area (Å²) in [5, 5.41) is 3.00. The van der Waals surface area contributed by atoms with E-state index in [2.05, 4.69) is 24.4 Å². The van der Waals surface area contributed by atoms with Crippen molar-refractivity contribution in [3.63, 3.8) is 0 Å². The first-order valence-electron chi connectivity index (χ1n) is 5.33. The number of hydrogen-bond donors (Lipinski definition) is 1. The summed E-state index contributed by atoms with van der Waals surface area (Å²) in [7, 11) is 0. The third-order valence-electron chi connectivity index (χ3n) is 2.93. The van der Waals surface area contributed by atoms with Crippen molar-refractivity contribution in [1.82, 2.24) is 10.2 Å². The molecule has 15 heavy (non-hydrogen) atoms. The highest BCUT2D eigenvalue weighted by Gasteiger charge is 2.28. The summed E-state index contributed by atoms with van der Waals surface area (Å²) < 4.78 is 0. The molecule has 1 saturated heterocycles. The highest BCUT2D eigenvalue weighted by Crippen LogP contribution is 2.22. The SMILES string of the molecule is CCN1CC(c2ccccc2C)NC1=O. The van der Waals surface area contributed by atoms with Gasteiger partial charge in [-0.3, -0.25) is 0 Å². The van der Waals surface area contributed by atoms with Crippen molar-refractivity contribution in [3.05, 3.63) is 35.4 Å². The van der Waals surface area contributed by atoms with Crippen LogP contribution in [0.3, 0.4) is 0 Å². The Hall–Kier alpha value is -1.51. The minimum atomic E-state index is 0.0470. The van der Waals surface area contributed by atoms with E-state index in [-0.39, 0.29) is 12.1 Å². The number of nitrogens with one attached hydrogen (secondary N) is 1. The fraction of sp³-hybridized carbons (Fsp3) is 0.417. The lowest BCUT2D eigenvalue weighted by Crippen LogP contribution is -2.27. The molecule has 1 fully saturated rings. The first-order chi connectivity index (χ1) is 7.22. The third-order valence-corrected chi connectivity index (χ3v) is 2.93. The van der Waals surface area contributed by atoms with Crippen LogP contribution in [0, 0.1) is 6.92 Å². The minimum absolute atomic E-state index is 0.0470. The average Bonchev–Trinajstić information content (AvgIpc) is 2.60. The molecule has 0 aromatic heterocycles. The van der Waals surface area contributed by atoms with E-state index >= 15 is 0 Å². The van der Waals surface area contributed by atoms with Crippen LogP contribution >= 0.6 is 0 Å². The van der Waals surface area contributed by atoms with Gasteiger partial charge in [0.25, 0.3) is 0 Å². The second-order valence-corrected chi connectivity index (χ2v) is 3.90. The quantitative estimate of drug-likeness (QED) is 0.786. The van der Waals surface area contributed by atoms with Crippen LogP contribution in [0.4, 0.5) is 4.79 Å². The predicted molar refractivity (Wildman–Crippen MR) is 59.7 cm³/mol. The maximum atomic E-state index is 11.5. The molecule has 1 aromatic carbocycles. The van der Waals surface area contributed by atoms with Gasteiger partial charge in [-0.25, -0.2) is 4.79 Å². The second-order valence-electron chi connectivity index (χ2n) is 3.90. The molecule has 0 radical (unpaired) electrons. The smallest absolute Gasteiger partial charge is 0.318 e. The molecule has 0 aliphatic carbocycles. The lowest BCUT2D eigenvalue weighted by molar-refractivity contribution is 0.219. The van der Waals surface area contributed by atoms with E-state index in [9.17, 15) is 4.79 Å². The van der Waals surface area contributed by atoms with E-state index in [1.54, 1.807) is 0 Å². The fourth-order valence-electron chi connectivity index (χ4n) is 2.02. The number of amides is 2. The normalized spacial score (nSPS) is 20.5. The maximum absolute atomic E-state index is 11.5. The zero-order chi connectivity index (χ0) is 10.8. The summed E-state index contributed by atoms with van der Waals surface area (Å²) in [6.07, 6.45) is 0. The Morgan fingerprint density at radius 1 is 1.47 bits per heavy atom. The van der Waals surface area contributed by atoms with Gasteiger partial charge in [0.2, 0.25) is 0 Å². The molecule has 3 heteroatoms. The number of nitrogens with zero attached hydrogens (tertiary/aromatic N) is 1. The summed E-state index contributed by atoms with van der Waals surface area (Å²) in [4.78, 5) is 13.3. The Morgan fingerprint density at radius 2 is 2.20 bits per heavy atom. The van der Waals surface area contributed by atoms with Crippen molar-refractivity contribution in [3.8, 4) is 0 Å². The van der Waals surface area contributed by atoms with Crippen LogP contribution in [-0.4, -0.2) is 24.0 Å². The number of aryl methyl sites for hydroxylation is 1. The topological polar surface area (TPSA) is 32.3 Å². The summed E-state index contributed by atoms with van der Waals surface area (Å²) in [6, 6.07) is 8.40. The van der Waals surface area contributed by atoms with Crippen LogP contribution in [0.5, 0.6) is 0 Å². The molecule has 1 atom stereocenters. The zero-order valence-electron chi connectivity index (χ0n) is 9.16. The van der Waals surface area contributed by atoms with Crippen LogP contribution in [0.15, 0.2) is 24.3 Å². The average molecular weight is 204 g/mol. The Bertz CT molecular complexity index is 376. The Balaban J connectivity index is 2.21. The first-order valence-corrected chi connectivity index (χ1v) is 5.33. The molecule has 1 aliphatic heterocycles. The first kappa shape index (κ1) is 10.0. The molecule has 2 amide bonds. The monoisotopic (exact) mass is 204 g/mol. The van der Waals surface area contributed by atoms with E-state index in [0.717, 1.165) is 13.1 Å². The number of hydrogen-bond acceptors (Lipinski definition) is 1. The van der Waals surface area contributed by atoms with E-state index in [1.807, 2.05) is 24.0 Å². The van der Waals surface area contributed by atoms with Gasteiger partial charge in [0.05, 0.1) is 6.04 Å². The summed E-state index contributed by atoms with van der Waals surface area (Å²) in [5.74, 6) is 0. The molecule has 1 unspecified atom stereocenters. The van der Waals surface area contributed by atoms with Gasteiger partial charge in [-0.1, -0.05) is 24.3 Å². The maximum Gasteiger partial charge on any atom is 0.318 e. The Kier molecular flexibility index (Phi) is 2.62. The minimum Gasteiger partial charge on any atom is -0.329 e. The van der Waals surface area contributed by atoms with Gasteiger partial charge >= 0.3 is 6.03 Å². The van der Waals surface area contributed by atoms with Crippen molar-refractivity contribution in [2.24, 2.45) is 0 Å². The van der Waals surface area contributed by atoms with E-state index in [0.29, 0.717) is 0 Å². The number of rotatable bonds is 2. The van der Waals surface area contributed by atoms with Gasteiger partial charge in [0.15, 0.2) is 0 Å². The number of likely N-dealkylation sites (N-methyl/N-ethyl adjacent to an activating group) is 1. The van der Waals surface area contributed by atoms with Gasteiger partial charge in [0, 0.05) is 13.1 Å². The van der Waals surface area contributed by atoms with Gasteiger partial charge in [-0.2, -0.15) is 0 Å². The molecule has 1 aliphatic rings. The molecular formula is C12H16N2O.